The molecule has 0 aliphatic carbocycles. The summed E-state index contributed by atoms with van der Waals surface area (Å²) in [6, 6.07) is 5.76. The van der Waals surface area contributed by atoms with Crippen LogP contribution in [0.25, 0.3) is 0 Å². The molecule has 21 heavy (non-hydrogen) atoms. The Morgan fingerprint density at radius 3 is 2.95 bits per heavy atom. The molecule has 1 atom stereocenters. The SMILES string of the molecule is CCCCN(CC1CCCN1)c1ccc(Br)cc1[N+](=O)[O-]. The van der Waals surface area contributed by atoms with Gasteiger partial charge in [0.1, 0.15) is 5.69 Å². The zero-order chi connectivity index (χ0) is 15.2. The number of benzene rings is 1. The third-order valence-corrected chi connectivity index (χ3v) is 4.35. The van der Waals surface area contributed by atoms with Gasteiger partial charge in [0, 0.05) is 29.7 Å². The van der Waals surface area contributed by atoms with Crippen molar-refractivity contribution in [3.63, 3.8) is 0 Å². The Bertz CT molecular complexity index is 490. The number of nitro groups is 1. The van der Waals surface area contributed by atoms with Crippen molar-refractivity contribution < 1.29 is 4.92 Å². The van der Waals surface area contributed by atoms with Crippen molar-refractivity contribution in [2.45, 2.75) is 38.6 Å². The first-order valence-electron chi connectivity index (χ1n) is 7.54. The first kappa shape index (κ1) is 16.2. The van der Waals surface area contributed by atoms with Crippen molar-refractivity contribution in [1.29, 1.82) is 0 Å². The van der Waals surface area contributed by atoms with Gasteiger partial charge >= 0.3 is 0 Å². The molecule has 0 amide bonds. The van der Waals surface area contributed by atoms with Gasteiger partial charge in [0.05, 0.1) is 4.92 Å². The second-order valence-electron chi connectivity index (χ2n) is 5.48. The van der Waals surface area contributed by atoms with Gasteiger partial charge in [-0.25, -0.2) is 0 Å². The monoisotopic (exact) mass is 355 g/mol. The Kier molecular flexibility index (Phi) is 5.99. The fourth-order valence-electron chi connectivity index (χ4n) is 2.75. The smallest absolute Gasteiger partial charge is 0.293 e. The lowest BCUT2D eigenvalue weighted by molar-refractivity contribution is -0.384. The zero-order valence-electron chi connectivity index (χ0n) is 12.3. The van der Waals surface area contributed by atoms with E-state index in [9.17, 15) is 10.1 Å². The maximum absolute atomic E-state index is 11.3. The Morgan fingerprint density at radius 1 is 1.52 bits per heavy atom. The van der Waals surface area contributed by atoms with Crippen LogP contribution in [0.3, 0.4) is 0 Å². The van der Waals surface area contributed by atoms with E-state index in [-0.39, 0.29) is 10.6 Å². The molecular weight excluding hydrogens is 334 g/mol. The molecule has 1 saturated heterocycles. The maximum atomic E-state index is 11.3. The number of rotatable bonds is 7. The number of nitrogens with zero attached hydrogens (tertiary/aromatic N) is 2. The molecule has 116 valence electrons. The fraction of sp³-hybridized carbons (Fsp3) is 0.600. The largest absolute Gasteiger partial charge is 0.364 e. The third-order valence-electron chi connectivity index (χ3n) is 3.86. The second-order valence-corrected chi connectivity index (χ2v) is 6.40. The first-order valence-corrected chi connectivity index (χ1v) is 8.33. The van der Waals surface area contributed by atoms with Gasteiger partial charge in [-0.3, -0.25) is 10.1 Å². The van der Waals surface area contributed by atoms with Crippen LogP contribution in [0.15, 0.2) is 22.7 Å². The molecule has 0 radical (unpaired) electrons. The van der Waals surface area contributed by atoms with Crippen LogP contribution >= 0.6 is 15.9 Å². The van der Waals surface area contributed by atoms with Gasteiger partial charge in [0.25, 0.3) is 5.69 Å². The molecule has 1 unspecified atom stereocenters. The molecule has 0 bridgehead atoms. The standard InChI is InChI=1S/C15H22BrN3O2/c1-2-3-9-18(11-13-5-4-8-17-13)14-7-6-12(16)10-15(14)19(20)21/h6-7,10,13,17H,2-5,8-9,11H2,1H3. The lowest BCUT2D eigenvalue weighted by Crippen LogP contribution is -2.38. The van der Waals surface area contributed by atoms with Crippen molar-refractivity contribution in [2.24, 2.45) is 0 Å². The summed E-state index contributed by atoms with van der Waals surface area (Å²) in [6.07, 6.45) is 4.46. The lowest BCUT2D eigenvalue weighted by atomic mass is 10.1. The number of anilines is 1. The number of hydrogen-bond donors (Lipinski definition) is 1. The quantitative estimate of drug-likeness (QED) is 0.598. The molecule has 0 spiro atoms. The van der Waals surface area contributed by atoms with E-state index in [1.54, 1.807) is 6.07 Å². The van der Waals surface area contributed by atoms with Gasteiger partial charge in [-0.15, -0.1) is 0 Å². The normalized spacial score (nSPS) is 17.9. The molecular formula is C15H22BrN3O2. The molecule has 1 N–H and O–H groups in total. The fourth-order valence-corrected chi connectivity index (χ4v) is 3.10. The van der Waals surface area contributed by atoms with Gasteiger partial charge < -0.3 is 10.2 Å². The topological polar surface area (TPSA) is 58.4 Å². The average molecular weight is 356 g/mol. The molecule has 1 aromatic rings. The summed E-state index contributed by atoms with van der Waals surface area (Å²) in [5.41, 5.74) is 0.906. The second kappa shape index (κ2) is 7.75. The summed E-state index contributed by atoms with van der Waals surface area (Å²) in [5, 5.41) is 14.8. The van der Waals surface area contributed by atoms with Crippen molar-refractivity contribution in [3.8, 4) is 0 Å². The van der Waals surface area contributed by atoms with Crippen LogP contribution in [0.1, 0.15) is 32.6 Å². The highest BCUT2D eigenvalue weighted by Crippen LogP contribution is 2.32. The molecule has 0 saturated carbocycles. The van der Waals surface area contributed by atoms with Crippen molar-refractivity contribution in [2.75, 3.05) is 24.5 Å². The number of nitrogens with one attached hydrogen (secondary N) is 1. The average Bonchev–Trinajstić information content (AvgIpc) is 2.96. The number of unbranched alkanes of at least 4 members (excludes halogenated alkanes) is 1. The minimum Gasteiger partial charge on any atom is -0.364 e. The Hall–Kier alpha value is -1.14. The molecule has 1 fully saturated rings. The molecule has 1 aromatic carbocycles. The number of hydrogen-bond acceptors (Lipinski definition) is 4. The van der Waals surface area contributed by atoms with Gasteiger partial charge in [-0.05, 0) is 37.9 Å². The minimum absolute atomic E-state index is 0.179. The maximum Gasteiger partial charge on any atom is 0.293 e. The highest BCUT2D eigenvalue weighted by molar-refractivity contribution is 9.10. The highest BCUT2D eigenvalue weighted by Gasteiger charge is 2.23. The molecule has 1 aliphatic rings. The van der Waals surface area contributed by atoms with Gasteiger partial charge in [-0.2, -0.15) is 0 Å². The van der Waals surface area contributed by atoms with Crippen LogP contribution in [-0.4, -0.2) is 30.6 Å². The molecule has 2 rings (SSSR count). The van der Waals surface area contributed by atoms with Gasteiger partial charge in [-0.1, -0.05) is 29.3 Å². The molecule has 1 heterocycles. The summed E-state index contributed by atoms with van der Waals surface area (Å²) in [4.78, 5) is 13.2. The van der Waals surface area contributed by atoms with Gasteiger partial charge in [0.15, 0.2) is 0 Å². The minimum atomic E-state index is -0.291. The molecule has 0 aromatic heterocycles. The van der Waals surface area contributed by atoms with Crippen LogP contribution in [-0.2, 0) is 0 Å². The van der Waals surface area contributed by atoms with E-state index in [4.69, 9.17) is 0 Å². The highest BCUT2D eigenvalue weighted by atomic mass is 79.9. The van der Waals surface area contributed by atoms with E-state index >= 15 is 0 Å². The number of halogens is 1. The van der Waals surface area contributed by atoms with Crippen LogP contribution in [0.2, 0.25) is 0 Å². The van der Waals surface area contributed by atoms with E-state index in [2.05, 4.69) is 33.1 Å². The molecule has 5 nitrogen and oxygen atoms in total. The predicted octanol–water partition coefficient (Wildman–Crippen LogP) is 3.72. The third kappa shape index (κ3) is 4.41. The van der Waals surface area contributed by atoms with Gasteiger partial charge in [0.2, 0.25) is 0 Å². The van der Waals surface area contributed by atoms with E-state index in [1.165, 1.54) is 6.42 Å². The first-order chi connectivity index (χ1) is 10.1. The summed E-state index contributed by atoms with van der Waals surface area (Å²) < 4.78 is 0.743. The van der Waals surface area contributed by atoms with Crippen LogP contribution in [0, 0.1) is 10.1 Å². The van der Waals surface area contributed by atoms with Crippen LogP contribution < -0.4 is 10.2 Å². The summed E-state index contributed by atoms with van der Waals surface area (Å²) in [7, 11) is 0. The predicted molar refractivity (Wildman–Crippen MR) is 88.9 cm³/mol. The van der Waals surface area contributed by atoms with Crippen LogP contribution in [0.4, 0.5) is 11.4 Å². The Labute approximate surface area is 134 Å². The summed E-state index contributed by atoms with van der Waals surface area (Å²) in [5.74, 6) is 0. The zero-order valence-corrected chi connectivity index (χ0v) is 13.9. The van der Waals surface area contributed by atoms with E-state index in [0.29, 0.717) is 6.04 Å². The number of nitro benzene ring substituents is 1. The van der Waals surface area contributed by atoms with Crippen molar-refractivity contribution >= 4 is 27.3 Å². The van der Waals surface area contributed by atoms with Crippen LogP contribution in [0.5, 0.6) is 0 Å². The Morgan fingerprint density at radius 2 is 2.33 bits per heavy atom. The van der Waals surface area contributed by atoms with E-state index in [1.807, 2.05) is 12.1 Å². The molecule has 1 aliphatic heterocycles. The summed E-state index contributed by atoms with van der Waals surface area (Å²) >= 11 is 3.32. The van der Waals surface area contributed by atoms with Crippen molar-refractivity contribution in [3.05, 3.63) is 32.8 Å². The van der Waals surface area contributed by atoms with E-state index in [0.717, 1.165) is 49.1 Å². The van der Waals surface area contributed by atoms with E-state index < -0.39 is 0 Å². The van der Waals surface area contributed by atoms with Crippen molar-refractivity contribution in [1.82, 2.24) is 5.32 Å². The summed E-state index contributed by atoms with van der Waals surface area (Å²) in [6.45, 7) is 4.89. The Balaban J connectivity index is 2.23. The lowest BCUT2D eigenvalue weighted by Gasteiger charge is -2.27. The molecule has 6 heteroatoms.